The molecule has 7 heteroatoms. The SMILES string of the molecule is Cn1ccnc1C(CC(=O)O)C(F)(F)F. The van der Waals surface area contributed by atoms with Gasteiger partial charge in [0.05, 0.1) is 6.42 Å². The van der Waals surface area contributed by atoms with Gasteiger partial charge in [-0.3, -0.25) is 4.79 Å². The molecule has 15 heavy (non-hydrogen) atoms. The fraction of sp³-hybridized carbons (Fsp3) is 0.500. The topological polar surface area (TPSA) is 55.1 Å². The van der Waals surface area contributed by atoms with Crippen molar-refractivity contribution in [2.45, 2.75) is 18.5 Å². The van der Waals surface area contributed by atoms with Crippen LogP contribution in [0.2, 0.25) is 0 Å². The van der Waals surface area contributed by atoms with Crippen molar-refractivity contribution >= 4 is 5.97 Å². The Morgan fingerprint density at radius 2 is 2.27 bits per heavy atom. The second kappa shape index (κ2) is 3.92. The molecular weight excluding hydrogens is 213 g/mol. The lowest BCUT2D eigenvalue weighted by Gasteiger charge is -2.17. The number of carboxylic acids is 1. The fourth-order valence-corrected chi connectivity index (χ4v) is 1.24. The molecule has 1 heterocycles. The summed E-state index contributed by atoms with van der Waals surface area (Å²) in [4.78, 5) is 13.8. The van der Waals surface area contributed by atoms with Gasteiger partial charge in [0.1, 0.15) is 11.7 Å². The lowest BCUT2D eigenvalue weighted by atomic mass is 10.0. The zero-order valence-electron chi connectivity index (χ0n) is 7.82. The predicted molar refractivity (Wildman–Crippen MR) is 44.3 cm³/mol. The monoisotopic (exact) mass is 222 g/mol. The third-order valence-electron chi connectivity index (χ3n) is 1.94. The van der Waals surface area contributed by atoms with E-state index in [1.165, 1.54) is 24.0 Å². The Morgan fingerprint density at radius 1 is 1.67 bits per heavy atom. The molecule has 0 saturated heterocycles. The predicted octanol–water partition coefficient (Wildman–Crippen LogP) is 1.54. The lowest BCUT2D eigenvalue weighted by molar-refractivity contribution is -0.164. The van der Waals surface area contributed by atoms with Crippen molar-refractivity contribution in [1.29, 1.82) is 0 Å². The number of hydrogen-bond acceptors (Lipinski definition) is 2. The molecule has 1 N–H and O–H groups in total. The molecule has 84 valence electrons. The Balaban J connectivity index is 3.02. The van der Waals surface area contributed by atoms with Crippen LogP contribution in [0.1, 0.15) is 18.2 Å². The van der Waals surface area contributed by atoms with Gasteiger partial charge in [-0.15, -0.1) is 0 Å². The number of nitrogens with zero attached hydrogens (tertiary/aromatic N) is 2. The van der Waals surface area contributed by atoms with E-state index in [0.717, 1.165) is 0 Å². The van der Waals surface area contributed by atoms with Crippen LogP contribution < -0.4 is 0 Å². The average molecular weight is 222 g/mol. The van der Waals surface area contributed by atoms with Gasteiger partial charge in [-0.2, -0.15) is 13.2 Å². The first-order chi connectivity index (χ1) is 6.82. The summed E-state index contributed by atoms with van der Waals surface area (Å²) in [6, 6.07) is 0. The van der Waals surface area contributed by atoms with E-state index in [0.29, 0.717) is 0 Å². The van der Waals surface area contributed by atoms with Gasteiger partial charge in [0.25, 0.3) is 0 Å². The van der Waals surface area contributed by atoms with Crippen LogP contribution in [-0.2, 0) is 11.8 Å². The summed E-state index contributed by atoms with van der Waals surface area (Å²) in [5.41, 5.74) is 0. The molecule has 0 bridgehead atoms. The highest BCUT2D eigenvalue weighted by molar-refractivity contribution is 5.68. The summed E-state index contributed by atoms with van der Waals surface area (Å²) in [6.07, 6.45) is -3.06. The van der Waals surface area contributed by atoms with Crippen molar-refractivity contribution in [2.24, 2.45) is 7.05 Å². The van der Waals surface area contributed by atoms with Crippen molar-refractivity contribution in [1.82, 2.24) is 9.55 Å². The third kappa shape index (κ3) is 2.71. The minimum absolute atomic E-state index is 0.287. The first-order valence-corrected chi connectivity index (χ1v) is 4.08. The average Bonchev–Trinajstić information content (AvgIpc) is 2.45. The van der Waals surface area contributed by atoms with Gasteiger partial charge in [0.2, 0.25) is 0 Å². The molecule has 0 aliphatic heterocycles. The van der Waals surface area contributed by atoms with Gasteiger partial charge >= 0.3 is 12.1 Å². The van der Waals surface area contributed by atoms with Gasteiger partial charge in [-0.1, -0.05) is 0 Å². The fourth-order valence-electron chi connectivity index (χ4n) is 1.24. The number of carboxylic acid groups (broad SMARTS) is 1. The minimum Gasteiger partial charge on any atom is -0.481 e. The lowest BCUT2D eigenvalue weighted by Crippen LogP contribution is -2.26. The third-order valence-corrected chi connectivity index (χ3v) is 1.94. The minimum atomic E-state index is -4.60. The summed E-state index contributed by atoms with van der Waals surface area (Å²) in [6.45, 7) is 0. The van der Waals surface area contributed by atoms with E-state index in [1.54, 1.807) is 0 Å². The molecule has 0 radical (unpaired) electrons. The van der Waals surface area contributed by atoms with Gasteiger partial charge in [0, 0.05) is 19.4 Å². The summed E-state index contributed by atoms with van der Waals surface area (Å²) in [5, 5.41) is 8.40. The number of hydrogen-bond donors (Lipinski definition) is 1. The van der Waals surface area contributed by atoms with Gasteiger partial charge in [-0.05, 0) is 0 Å². The van der Waals surface area contributed by atoms with Crippen LogP contribution in [-0.4, -0.2) is 26.8 Å². The Hall–Kier alpha value is -1.53. The molecule has 4 nitrogen and oxygen atoms in total. The van der Waals surface area contributed by atoms with E-state index in [9.17, 15) is 18.0 Å². The molecule has 1 rings (SSSR count). The van der Waals surface area contributed by atoms with E-state index < -0.39 is 24.5 Å². The van der Waals surface area contributed by atoms with Crippen LogP contribution >= 0.6 is 0 Å². The Morgan fingerprint density at radius 3 is 2.60 bits per heavy atom. The molecule has 1 unspecified atom stereocenters. The number of alkyl halides is 3. The van der Waals surface area contributed by atoms with E-state index in [1.807, 2.05) is 0 Å². The highest BCUT2D eigenvalue weighted by atomic mass is 19.4. The van der Waals surface area contributed by atoms with Crippen molar-refractivity contribution in [2.75, 3.05) is 0 Å². The van der Waals surface area contributed by atoms with Crippen LogP contribution in [0, 0.1) is 0 Å². The smallest absolute Gasteiger partial charge is 0.399 e. The molecule has 1 atom stereocenters. The van der Waals surface area contributed by atoms with Crippen molar-refractivity contribution in [3.05, 3.63) is 18.2 Å². The number of imidazole rings is 1. The quantitative estimate of drug-likeness (QED) is 0.843. The Kier molecular flexibility index (Phi) is 3.01. The number of aromatic nitrogens is 2. The van der Waals surface area contributed by atoms with E-state index >= 15 is 0 Å². The van der Waals surface area contributed by atoms with Crippen molar-refractivity contribution < 1.29 is 23.1 Å². The van der Waals surface area contributed by atoms with Crippen LogP contribution in [0.15, 0.2) is 12.4 Å². The second-order valence-corrected chi connectivity index (χ2v) is 3.09. The maximum atomic E-state index is 12.5. The molecule has 0 saturated carbocycles. The Labute approximate surface area is 83.3 Å². The van der Waals surface area contributed by atoms with Crippen LogP contribution in [0.25, 0.3) is 0 Å². The standard InChI is InChI=1S/C8H9F3N2O2/c1-13-3-2-12-7(13)5(4-6(14)15)8(9,10)11/h2-3,5H,4H2,1H3,(H,14,15). The van der Waals surface area contributed by atoms with Crippen LogP contribution in [0.5, 0.6) is 0 Å². The van der Waals surface area contributed by atoms with Crippen molar-refractivity contribution in [3.63, 3.8) is 0 Å². The van der Waals surface area contributed by atoms with E-state index in [4.69, 9.17) is 5.11 Å². The number of carbonyl (C=O) groups is 1. The van der Waals surface area contributed by atoms with E-state index in [2.05, 4.69) is 4.98 Å². The molecule has 1 aromatic heterocycles. The molecular formula is C8H9F3N2O2. The van der Waals surface area contributed by atoms with Crippen LogP contribution in [0.3, 0.4) is 0 Å². The maximum absolute atomic E-state index is 12.5. The Bertz CT molecular complexity index is 359. The van der Waals surface area contributed by atoms with E-state index in [-0.39, 0.29) is 5.82 Å². The highest BCUT2D eigenvalue weighted by Crippen LogP contribution is 2.36. The largest absolute Gasteiger partial charge is 0.481 e. The first kappa shape index (κ1) is 11.5. The summed E-state index contributed by atoms with van der Waals surface area (Å²) in [7, 11) is 1.39. The van der Waals surface area contributed by atoms with Gasteiger partial charge < -0.3 is 9.67 Å². The summed E-state index contributed by atoms with van der Waals surface area (Å²) < 4.78 is 38.7. The molecule has 0 aromatic carbocycles. The number of rotatable bonds is 3. The molecule has 0 spiro atoms. The van der Waals surface area contributed by atoms with Gasteiger partial charge in [-0.25, -0.2) is 4.98 Å². The van der Waals surface area contributed by atoms with Crippen LogP contribution in [0.4, 0.5) is 13.2 Å². The number of aryl methyl sites for hydroxylation is 1. The summed E-state index contributed by atoms with van der Waals surface area (Å²) in [5.74, 6) is -3.85. The zero-order valence-corrected chi connectivity index (χ0v) is 7.82. The second-order valence-electron chi connectivity index (χ2n) is 3.09. The highest BCUT2D eigenvalue weighted by Gasteiger charge is 2.44. The molecule has 1 aromatic rings. The normalized spacial score (nSPS) is 13.9. The maximum Gasteiger partial charge on any atom is 0.399 e. The molecule has 0 aliphatic carbocycles. The first-order valence-electron chi connectivity index (χ1n) is 4.08. The van der Waals surface area contributed by atoms with Crippen molar-refractivity contribution in [3.8, 4) is 0 Å². The zero-order chi connectivity index (χ0) is 11.6. The number of halogens is 3. The molecule has 0 amide bonds. The summed E-state index contributed by atoms with van der Waals surface area (Å²) >= 11 is 0. The number of aliphatic carboxylic acids is 1. The molecule has 0 fully saturated rings. The molecule has 0 aliphatic rings. The van der Waals surface area contributed by atoms with Gasteiger partial charge in [0.15, 0.2) is 0 Å².